The molecule has 1 atom stereocenters. The molecule has 0 aliphatic carbocycles. The molecular weight excluding hydrogens is 123 g/mol. The van der Waals surface area contributed by atoms with Crippen LogP contribution < -0.4 is 0 Å². The number of piperazine rings is 3. The fourth-order valence-corrected chi connectivity index (χ4v) is 1.88. The predicted octanol–water partition coefficient (Wildman–Crippen LogP) is -0.375. The van der Waals surface area contributed by atoms with Gasteiger partial charge in [-0.3, -0.25) is 9.80 Å². The van der Waals surface area contributed by atoms with Crippen LogP contribution in [0.25, 0.3) is 0 Å². The maximum atomic E-state index is 2.58. The van der Waals surface area contributed by atoms with Crippen molar-refractivity contribution in [1.29, 1.82) is 0 Å². The maximum Gasteiger partial charge on any atom is 0.0195 e. The van der Waals surface area contributed by atoms with Gasteiger partial charge in [0.1, 0.15) is 0 Å². The van der Waals surface area contributed by atoms with Crippen LogP contribution in [0.4, 0.5) is 0 Å². The molecule has 55 valence electrons. The van der Waals surface area contributed by atoms with Crippen molar-refractivity contribution >= 4 is 8.41 Å². The summed E-state index contributed by atoms with van der Waals surface area (Å²) in [5.74, 6) is 0. The molecule has 3 rings (SSSR count). The van der Waals surface area contributed by atoms with Crippen LogP contribution in [0, 0.1) is 0 Å². The lowest BCUT2D eigenvalue weighted by atomic mass is 10.1. The van der Waals surface area contributed by atoms with Crippen LogP contribution in [0.15, 0.2) is 0 Å². The summed E-state index contributed by atoms with van der Waals surface area (Å²) >= 11 is 0. The molecule has 3 radical (unpaired) electrons. The molecule has 0 aromatic rings. The van der Waals surface area contributed by atoms with Crippen LogP contribution >= 0.6 is 0 Å². The molecule has 3 aliphatic rings. The SMILES string of the molecule is CC1CN2CCN1CC2.[B]. The number of hydrogen-bond acceptors (Lipinski definition) is 2. The molecule has 0 saturated carbocycles. The molecule has 3 heteroatoms. The topological polar surface area (TPSA) is 6.48 Å². The molecular formula is C7H14BN2. The summed E-state index contributed by atoms with van der Waals surface area (Å²) in [6.07, 6.45) is 0. The van der Waals surface area contributed by atoms with Gasteiger partial charge >= 0.3 is 0 Å². The second-order valence-electron chi connectivity index (χ2n) is 3.19. The number of nitrogens with zero attached hydrogens (tertiary/aromatic N) is 2. The lowest BCUT2D eigenvalue weighted by molar-refractivity contribution is 0.0214. The van der Waals surface area contributed by atoms with E-state index in [1.54, 1.807) is 0 Å². The Morgan fingerprint density at radius 3 is 1.90 bits per heavy atom. The Hall–Kier alpha value is -0.0151. The van der Waals surface area contributed by atoms with Crippen molar-refractivity contribution in [3.05, 3.63) is 0 Å². The number of fused-ring (bicyclic) bond motifs is 3. The standard InChI is InChI=1S/C7H14N2.B/c1-7-6-8-2-4-9(7)5-3-8;/h7H,2-6H2,1H3;. The molecule has 10 heavy (non-hydrogen) atoms. The second-order valence-corrected chi connectivity index (χ2v) is 3.19. The van der Waals surface area contributed by atoms with E-state index in [0.717, 1.165) is 6.04 Å². The Labute approximate surface area is 64.8 Å². The summed E-state index contributed by atoms with van der Waals surface area (Å²) in [5.41, 5.74) is 0. The minimum absolute atomic E-state index is 0. The fraction of sp³-hybridized carbons (Fsp3) is 1.00. The van der Waals surface area contributed by atoms with Gasteiger partial charge in [-0.1, -0.05) is 0 Å². The zero-order chi connectivity index (χ0) is 6.27. The van der Waals surface area contributed by atoms with Crippen molar-refractivity contribution in [2.75, 3.05) is 32.7 Å². The molecule has 0 aromatic heterocycles. The van der Waals surface area contributed by atoms with E-state index in [9.17, 15) is 0 Å². The van der Waals surface area contributed by atoms with Gasteiger partial charge < -0.3 is 0 Å². The monoisotopic (exact) mass is 137 g/mol. The van der Waals surface area contributed by atoms with Crippen molar-refractivity contribution in [3.8, 4) is 0 Å². The van der Waals surface area contributed by atoms with Gasteiger partial charge in [-0.2, -0.15) is 0 Å². The average molecular weight is 137 g/mol. The zero-order valence-electron chi connectivity index (χ0n) is 6.58. The van der Waals surface area contributed by atoms with E-state index in [-0.39, 0.29) is 8.41 Å². The summed E-state index contributed by atoms with van der Waals surface area (Å²) in [5, 5.41) is 0. The van der Waals surface area contributed by atoms with Crippen molar-refractivity contribution in [2.24, 2.45) is 0 Å². The molecule has 1 unspecified atom stereocenters. The Bertz CT molecular complexity index is 110. The van der Waals surface area contributed by atoms with E-state index in [4.69, 9.17) is 0 Å². The number of hydrogen-bond donors (Lipinski definition) is 0. The Morgan fingerprint density at radius 1 is 1.10 bits per heavy atom. The first kappa shape index (κ1) is 8.09. The first-order chi connectivity index (χ1) is 4.36. The van der Waals surface area contributed by atoms with Crippen molar-refractivity contribution in [1.82, 2.24) is 9.80 Å². The number of rotatable bonds is 0. The van der Waals surface area contributed by atoms with Gasteiger partial charge in [-0.25, -0.2) is 0 Å². The smallest absolute Gasteiger partial charge is 0.0195 e. The fourth-order valence-electron chi connectivity index (χ4n) is 1.88. The van der Waals surface area contributed by atoms with E-state index >= 15 is 0 Å². The Kier molecular flexibility index (Phi) is 2.37. The van der Waals surface area contributed by atoms with Gasteiger partial charge in [0.25, 0.3) is 0 Å². The van der Waals surface area contributed by atoms with E-state index in [2.05, 4.69) is 16.7 Å². The van der Waals surface area contributed by atoms with Crippen molar-refractivity contribution in [2.45, 2.75) is 13.0 Å². The van der Waals surface area contributed by atoms with Gasteiger partial charge in [-0.05, 0) is 6.92 Å². The van der Waals surface area contributed by atoms with E-state index in [1.807, 2.05) is 0 Å². The maximum absolute atomic E-state index is 2.58. The van der Waals surface area contributed by atoms with Crippen LogP contribution in [0.2, 0.25) is 0 Å². The van der Waals surface area contributed by atoms with Crippen LogP contribution in [-0.4, -0.2) is 57.0 Å². The highest BCUT2D eigenvalue weighted by Crippen LogP contribution is 2.13. The van der Waals surface area contributed by atoms with E-state index in [1.165, 1.54) is 32.7 Å². The van der Waals surface area contributed by atoms with Crippen LogP contribution in [-0.2, 0) is 0 Å². The van der Waals surface area contributed by atoms with Crippen molar-refractivity contribution in [3.63, 3.8) is 0 Å². The van der Waals surface area contributed by atoms with E-state index in [0.29, 0.717) is 0 Å². The minimum atomic E-state index is 0. The molecule has 3 aliphatic heterocycles. The first-order valence-corrected chi connectivity index (χ1v) is 3.82. The summed E-state index contributed by atoms with van der Waals surface area (Å²) in [6, 6.07) is 0.826. The van der Waals surface area contributed by atoms with Gasteiger partial charge in [0.2, 0.25) is 0 Å². The van der Waals surface area contributed by atoms with E-state index < -0.39 is 0 Å². The van der Waals surface area contributed by atoms with Crippen LogP contribution in [0.1, 0.15) is 6.92 Å². The molecule has 0 N–H and O–H groups in total. The first-order valence-electron chi connectivity index (χ1n) is 3.82. The van der Waals surface area contributed by atoms with Crippen LogP contribution in [0.5, 0.6) is 0 Å². The molecule has 0 spiro atoms. The highest BCUT2D eigenvalue weighted by molar-refractivity contribution is 5.75. The van der Waals surface area contributed by atoms with Crippen LogP contribution in [0.3, 0.4) is 0 Å². The zero-order valence-corrected chi connectivity index (χ0v) is 6.58. The largest absolute Gasteiger partial charge is 0.299 e. The molecule has 3 heterocycles. The van der Waals surface area contributed by atoms with Gasteiger partial charge in [0, 0.05) is 47.2 Å². The lowest BCUT2D eigenvalue weighted by Gasteiger charge is -2.46. The summed E-state index contributed by atoms with van der Waals surface area (Å²) in [6.45, 7) is 8.86. The second kappa shape index (κ2) is 2.93. The van der Waals surface area contributed by atoms with Gasteiger partial charge in [0.15, 0.2) is 0 Å². The molecule has 0 aromatic carbocycles. The molecule has 0 amide bonds. The Balaban J connectivity index is 0.000000500. The third-order valence-corrected chi connectivity index (χ3v) is 2.55. The minimum Gasteiger partial charge on any atom is -0.299 e. The molecule has 2 nitrogen and oxygen atoms in total. The Morgan fingerprint density at radius 2 is 1.70 bits per heavy atom. The average Bonchev–Trinajstić information content (AvgIpc) is 1.90. The third-order valence-electron chi connectivity index (χ3n) is 2.55. The summed E-state index contributed by atoms with van der Waals surface area (Å²) in [4.78, 5) is 5.14. The predicted molar refractivity (Wildman–Crippen MR) is 43.2 cm³/mol. The third kappa shape index (κ3) is 1.20. The summed E-state index contributed by atoms with van der Waals surface area (Å²) in [7, 11) is 0. The van der Waals surface area contributed by atoms with Crippen molar-refractivity contribution < 1.29 is 0 Å². The molecule has 3 saturated heterocycles. The highest BCUT2D eigenvalue weighted by atomic mass is 15.3. The summed E-state index contributed by atoms with van der Waals surface area (Å²) < 4.78 is 0. The van der Waals surface area contributed by atoms with Gasteiger partial charge in [-0.15, -0.1) is 0 Å². The van der Waals surface area contributed by atoms with Gasteiger partial charge in [0.05, 0.1) is 0 Å². The quantitative estimate of drug-likeness (QED) is 0.420. The molecule has 2 bridgehead atoms. The highest BCUT2D eigenvalue weighted by Gasteiger charge is 2.28. The lowest BCUT2D eigenvalue weighted by Crippen LogP contribution is -2.59. The molecule has 3 fully saturated rings. The normalized spacial score (nSPS) is 44.7.